The molecule has 106 valence electrons. The highest BCUT2D eigenvalue weighted by molar-refractivity contribution is 5.25. The Hall–Kier alpha value is -0.930. The quantitative estimate of drug-likeness (QED) is 0.904. The van der Waals surface area contributed by atoms with E-state index in [0.29, 0.717) is 5.56 Å². The number of hydrogen-bond acceptors (Lipinski definition) is 2. The lowest BCUT2D eigenvalue weighted by atomic mass is 9.98. The van der Waals surface area contributed by atoms with Gasteiger partial charge in [-0.1, -0.05) is 25.5 Å². The van der Waals surface area contributed by atoms with E-state index < -0.39 is 0 Å². The van der Waals surface area contributed by atoms with Gasteiger partial charge in [0.25, 0.3) is 0 Å². The van der Waals surface area contributed by atoms with Gasteiger partial charge in [-0.25, -0.2) is 4.39 Å². The molecule has 1 aliphatic rings. The first-order valence-electron chi connectivity index (χ1n) is 7.42. The van der Waals surface area contributed by atoms with Crippen molar-refractivity contribution in [1.29, 1.82) is 0 Å². The SMILES string of the molecule is CCC1CCCN(Cc2ccc(F)c(CN)c2)CC1. The van der Waals surface area contributed by atoms with Crippen LogP contribution in [0.1, 0.15) is 43.7 Å². The van der Waals surface area contributed by atoms with Crippen LogP contribution in [0.3, 0.4) is 0 Å². The van der Waals surface area contributed by atoms with Gasteiger partial charge in [0.15, 0.2) is 0 Å². The van der Waals surface area contributed by atoms with Crippen LogP contribution < -0.4 is 5.73 Å². The summed E-state index contributed by atoms with van der Waals surface area (Å²) < 4.78 is 13.4. The molecule has 0 aromatic heterocycles. The van der Waals surface area contributed by atoms with Crippen molar-refractivity contribution in [2.75, 3.05) is 13.1 Å². The Bertz CT molecular complexity index is 406. The molecular formula is C16H25FN2. The van der Waals surface area contributed by atoms with Gasteiger partial charge in [0.1, 0.15) is 5.82 Å². The molecule has 2 rings (SSSR count). The number of likely N-dealkylation sites (tertiary alicyclic amines) is 1. The predicted molar refractivity (Wildman–Crippen MR) is 77.2 cm³/mol. The van der Waals surface area contributed by atoms with Gasteiger partial charge in [0.05, 0.1) is 0 Å². The van der Waals surface area contributed by atoms with Gasteiger partial charge in [-0.05, 0) is 49.9 Å². The lowest BCUT2D eigenvalue weighted by molar-refractivity contribution is 0.272. The van der Waals surface area contributed by atoms with Gasteiger partial charge in [0.2, 0.25) is 0 Å². The van der Waals surface area contributed by atoms with E-state index in [4.69, 9.17) is 5.73 Å². The molecule has 1 atom stereocenters. The Balaban J connectivity index is 1.97. The van der Waals surface area contributed by atoms with Crippen LogP contribution in [0.4, 0.5) is 4.39 Å². The van der Waals surface area contributed by atoms with E-state index in [1.807, 2.05) is 12.1 Å². The van der Waals surface area contributed by atoms with Crippen LogP contribution in [-0.4, -0.2) is 18.0 Å². The van der Waals surface area contributed by atoms with Crippen LogP contribution in [-0.2, 0) is 13.1 Å². The van der Waals surface area contributed by atoms with E-state index in [9.17, 15) is 4.39 Å². The minimum absolute atomic E-state index is 0.187. The van der Waals surface area contributed by atoms with Crippen molar-refractivity contribution in [1.82, 2.24) is 4.90 Å². The van der Waals surface area contributed by atoms with Crippen molar-refractivity contribution in [2.24, 2.45) is 11.7 Å². The number of hydrogen-bond donors (Lipinski definition) is 1. The van der Waals surface area contributed by atoms with E-state index in [1.54, 1.807) is 6.07 Å². The third-order valence-electron chi connectivity index (χ3n) is 4.25. The molecule has 1 unspecified atom stereocenters. The van der Waals surface area contributed by atoms with E-state index in [-0.39, 0.29) is 12.4 Å². The standard InChI is InChI=1S/C16H25FN2/c1-2-13-4-3-8-19(9-7-13)12-14-5-6-16(17)15(10-14)11-18/h5-6,10,13H,2-4,7-9,11-12,18H2,1H3. The number of benzene rings is 1. The van der Waals surface area contributed by atoms with Crippen molar-refractivity contribution < 1.29 is 4.39 Å². The third-order valence-corrected chi connectivity index (χ3v) is 4.25. The zero-order valence-electron chi connectivity index (χ0n) is 11.9. The Morgan fingerprint density at radius 2 is 2.16 bits per heavy atom. The second kappa shape index (κ2) is 7.01. The van der Waals surface area contributed by atoms with E-state index in [2.05, 4.69) is 11.8 Å². The molecule has 1 heterocycles. The third kappa shape index (κ3) is 4.02. The zero-order chi connectivity index (χ0) is 13.7. The Kier molecular flexibility index (Phi) is 5.34. The van der Waals surface area contributed by atoms with Crippen molar-refractivity contribution in [3.63, 3.8) is 0 Å². The van der Waals surface area contributed by atoms with Gasteiger partial charge in [-0.3, -0.25) is 4.90 Å². The summed E-state index contributed by atoms with van der Waals surface area (Å²) in [5, 5.41) is 0. The van der Waals surface area contributed by atoms with Gasteiger partial charge in [-0.15, -0.1) is 0 Å². The minimum Gasteiger partial charge on any atom is -0.326 e. The summed E-state index contributed by atoms with van der Waals surface area (Å²) in [6, 6.07) is 5.35. The zero-order valence-corrected chi connectivity index (χ0v) is 11.9. The molecule has 2 nitrogen and oxygen atoms in total. The molecule has 1 fully saturated rings. The fourth-order valence-corrected chi connectivity index (χ4v) is 2.93. The molecule has 0 saturated carbocycles. The molecule has 3 heteroatoms. The molecule has 0 spiro atoms. The highest BCUT2D eigenvalue weighted by Gasteiger charge is 2.16. The molecular weight excluding hydrogens is 239 g/mol. The topological polar surface area (TPSA) is 29.3 Å². The van der Waals surface area contributed by atoms with Crippen molar-refractivity contribution in [3.8, 4) is 0 Å². The fourth-order valence-electron chi connectivity index (χ4n) is 2.93. The van der Waals surface area contributed by atoms with E-state index >= 15 is 0 Å². The van der Waals surface area contributed by atoms with Crippen LogP contribution in [0, 0.1) is 11.7 Å². The van der Waals surface area contributed by atoms with Crippen LogP contribution in [0.5, 0.6) is 0 Å². The van der Waals surface area contributed by atoms with Gasteiger partial charge in [-0.2, -0.15) is 0 Å². The molecule has 0 aliphatic carbocycles. The van der Waals surface area contributed by atoms with Crippen molar-refractivity contribution in [3.05, 3.63) is 35.1 Å². The molecule has 19 heavy (non-hydrogen) atoms. The molecule has 0 bridgehead atoms. The summed E-state index contributed by atoms with van der Waals surface area (Å²) in [6.07, 6.45) is 5.22. The second-order valence-corrected chi connectivity index (χ2v) is 5.61. The first-order valence-corrected chi connectivity index (χ1v) is 7.42. The highest BCUT2D eigenvalue weighted by Crippen LogP contribution is 2.21. The average Bonchev–Trinajstić information content (AvgIpc) is 2.66. The van der Waals surface area contributed by atoms with Crippen molar-refractivity contribution in [2.45, 2.75) is 45.7 Å². The Morgan fingerprint density at radius 3 is 2.89 bits per heavy atom. The van der Waals surface area contributed by atoms with Crippen LogP contribution in [0.25, 0.3) is 0 Å². The maximum atomic E-state index is 13.4. The fraction of sp³-hybridized carbons (Fsp3) is 0.625. The van der Waals surface area contributed by atoms with Crippen LogP contribution >= 0.6 is 0 Å². The molecule has 2 N–H and O–H groups in total. The first-order chi connectivity index (χ1) is 9.22. The number of nitrogens with zero attached hydrogens (tertiary/aromatic N) is 1. The van der Waals surface area contributed by atoms with E-state index in [1.165, 1.54) is 31.2 Å². The average molecular weight is 264 g/mol. The molecule has 1 aromatic carbocycles. The van der Waals surface area contributed by atoms with Gasteiger partial charge < -0.3 is 5.73 Å². The lowest BCUT2D eigenvalue weighted by Gasteiger charge is -2.20. The summed E-state index contributed by atoms with van der Waals surface area (Å²) in [5.74, 6) is 0.700. The summed E-state index contributed by atoms with van der Waals surface area (Å²) in [7, 11) is 0. The molecule has 1 aliphatic heterocycles. The maximum absolute atomic E-state index is 13.4. The van der Waals surface area contributed by atoms with Crippen LogP contribution in [0.2, 0.25) is 0 Å². The Morgan fingerprint density at radius 1 is 1.32 bits per heavy atom. The molecule has 1 aromatic rings. The molecule has 0 radical (unpaired) electrons. The highest BCUT2D eigenvalue weighted by atomic mass is 19.1. The number of rotatable bonds is 4. The number of nitrogens with two attached hydrogens (primary N) is 1. The minimum atomic E-state index is -0.187. The smallest absolute Gasteiger partial charge is 0.127 e. The summed E-state index contributed by atoms with van der Waals surface area (Å²) in [5.41, 5.74) is 7.36. The van der Waals surface area contributed by atoms with E-state index in [0.717, 1.165) is 25.6 Å². The summed E-state index contributed by atoms with van der Waals surface area (Å²) >= 11 is 0. The molecule has 0 amide bonds. The summed E-state index contributed by atoms with van der Waals surface area (Å²) in [4.78, 5) is 2.49. The number of halogens is 1. The van der Waals surface area contributed by atoms with Crippen LogP contribution in [0.15, 0.2) is 18.2 Å². The monoisotopic (exact) mass is 264 g/mol. The molecule has 1 saturated heterocycles. The van der Waals surface area contributed by atoms with Crippen molar-refractivity contribution >= 4 is 0 Å². The summed E-state index contributed by atoms with van der Waals surface area (Å²) in [6.45, 7) is 5.80. The second-order valence-electron chi connectivity index (χ2n) is 5.61. The normalized spacial score (nSPS) is 21.3. The first kappa shape index (κ1) is 14.5. The van der Waals surface area contributed by atoms with Gasteiger partial charge >= 0.3 is 0 Å². The maximum Gasteiger partial charge on any atom is 0.127 e. The lowest BCUT2D eigenvalue weighted by Crippen LogP contribution is -2.24. The Labute approximate surface area is 115 Å². The predicted octanol–water partition coefficient (Wildman–Crippen LogP) is 3.30. The largest absolute Gasteiger partial charge is 0.326 e. The van der Waals surface area contributed by atoms with Gasteiger partial charge in [0, 0.05) is 18.7 Å².